The van der Waals surface area contributed by atoms with Crippen LogP contribution in [0.3, 0.4) is 0 Å². The molecule has 13 heavy (non-hydrogen) atoms. The molecule has 0 aliphatic heterocycles. The first kappa shape index (κ1) is 8.75. The van der Waals surface area contributed by atoms with Gasteiger partial charge in [-0.15, -0.1) is 0 Å². The van der Waals surface area contributed by atoms with Gasteiger partial charge in [-0.05, 0) is 34.7 Å². The average molecular weight is 195 g/mol. The second kappa shape index (κ2) is 3.50. The first-order valence-electron chi connectivity index (χ1n) is 4.56. The van der Waals surface area contributed by atoms with Gasteiger partial charge in [0.25, 0.3) is 0 Å². The molecule has 2 rings (SSSR count). The molecule has 1 aliphatic carbocycles. The lowest BCUT2D eigenvalue weighted by atomic mass is 10.3. The Hall–Kier alpha value is -0.830. The Balaban J connectivity index is 1.77. The Morgan fingerprint density at radius 3 is 3.08 bits per heavy atom. The van der Waals surface area contributed by atoms with Crippen LogP contribution in [-0.2, 0) is 11.3 Å². The maximum atomic E-state index is 11.4. The summed E-state index contributed by atoms with van der Waals surface area (Å²) in [5, 5.41) is 7.04. The zero-order chi connectivity index (χ0) is 9.26. The summed E-state index contributed by atoms with van der Waals surface area (Å²) in [6, 6.07) is 2.04. The van der Waals surface area contributed by atoms with E-state index in [0.29, 0.717) is 18.4 Å². The van der Waals surface area contributed by atoms with Crippen LogP contribution >= 0.6 is 11.3 Å². The van der Waals surface area contributed by atoms with Crippen molar-refractivity contribution in [3.05, 3.63) is 22.4 Å². The van der Waals surface area contributed by atoms with E-state index in [1.54, 1.807) is 11.3 Å². The third-order valence-corrected chi connectivity index (χ3v) is 3.23. The van der Waals surface area contributed by atoms with Crippen molar-refractivity contribution in [2.24, 2.45) is 11.8 Å². The van der Waals surface area contributed by atoms with Crippen molar-refractivity contribution in [3.63, 3.8) is 0 Å². The fourth-order valence-electron chi connectivity index (χ4n) is 1.40. The third-order valence-electron chi connectivity index (χ3n) is 2.49. The summed E-state index contributed by atoms with van der Waals surface area (Å²) in [6.45, 7) is 2.81. The molecular formula is C10H13NOS. The van der Waals surface area contributed by atoms with Gasteiger partial charge in [0, 0.05) is 12.5 Å². The lowest BCUT2D eigenvalue weighted by Gasteiger charge is -2.01. The number of hydrogen-bond acceptors (Lipinski definition) is 2. The van der Waals surface area contributed by atoms with E-state index >= 15 is 0 Å². The van der Waals surface area contributed by atoms with Gasteiger partial charge in [-0.3, -0.25) is 4.79 Å². The fourth-order valence-corrected chi connectivity index (χ4v) is 2.07. The van der Waals surface area contributed by atoms with Gasteiger partial charge in [0.1, 0.15) is 0 Å². The summed E-state index contributed by atoms with van der Waals surface area (Å²) in [4.78, 5) is 11.4. The van der Waals surface area contributed by atoms with E-state index in [1.165, 1.54) is 5.56 Å². The highest BCUT2D eigenvalue weighted by Crippen LogP contribution is 2.37. The van der Waals surface area contributed by atoms with Crippen molar-refractivity contribution in [1.29, 1.82) is 0 Å². The number of carbonyl (C=O) groups excluding carboxylic acids is 1. The molecule has 1 heterocycles. The van der Waals surface area contributed by atoms with Crippen LogP contribution in [0.25, 0.3) is 0 Å². The smallest absolute Gasteiger partial charge is 0.223 e. The lowest BCUT2D eigenvalue weighted by molar-refractivity contribution is -0.122. The molecule has 1 aromatic heterocycles. The number of hydrogen-bond donors (Lipinski definition) is 1. The number of nitrogens with one attached hydrogen (secondary N) is 1. The number of amides is 1. The van der Waals surface area contributed by atoms with Crippen LogP contribution in [0, 0.1) is 11.8 Å². The van der Waals surface area contributed by atoms with Gasteiger partial charge in [-0.1, -0.05) is 6.92 Å². The van der Waals surface area contributed by atoms with Crippen LogP contribution in [0.4, 0.5) is 0 Å². The van der Waals surface area contributed by atoms with E-state index in [9.17, 15) is 4.79 Å². The molecule has 0 radical (unpaired) electrons. The predicted octanol–water partition coefficient (Wildman–Crippen LogP) is 2.02. The molecule has 2 atom stereocenters. The SMILES string of the molecule is C[C@H]1C[C@@H]1C(=O)NCc1ccsc1. The predicted molar refractivity (Wildman–Crippen MR) is 53.4 cm³/mol. The van der Waals surface area contributed by atoms with E-state index in [0.717, 1.165) is 6.42 Å². The van der Waals surface area contributed by atoms with Crippen molar-refractivity contribution in [3.8, 4) is 0 Å². The Morgan fingerprint density at radius 1 is 1.77 bits per heavy atom. The molecule has 1 N–H and O–H groups in total. The second-order valence-electron chi connectivity index (χ2n) is 3.67. The van der Waals surface area contributed by atoms with Crippen LogP contribution in [0.2, 0.25) is 0 Å². The number of thiophene rings is 1. The van der Waals surface area contributed by atoms with E-state index in [-0.39, 0.29) is 5.91 Å². The molecule has 3 heteroatoms. The molecule has 1 fully saturated rings. The molecule has 2 nitrogen and oxygen atoms in total. The van der Waals surface area contributed by atoms with E-state index in [2.05, 4.69) is 17.6 Å². The van der Waals surface area contributed by atoms with Gasteiger partial charge >= 0.3 is 0 Å². The molecule has 1 aromatic rings. The molecule has 1 amide bonds. The fraction of sp³-hybridized carbons (Fsp3) is 0.500. The van der Waals surface area contributed by atoms with Crippen molar-refractivity contribution >= 4 is 17.2 Å². The Bertz CT molecular complexity index is 294. The van der Waals surface area contributed by atoms with Gasteiger partial charge in [0.05, 0.1) is 0 Å². The molecule has 70 valence electrons. The Morgan fingerprint density at radius 2 is 2.54 bits per heavy atom. The average Bonchev–Trinajstić information content (AvgIpc) is 2.68. The van der Waals surface area contributed by atoms with Gasteiger partial charge in [-0.2, -0.15) is 11.3 Å². The summed E-state index contributed by atoms with van der Waals surface area (Å²) >= 11 is 1.66. The normalized spacial score (nSPS) is 25.6. The highest BCUT2D eigenvalue weighted by atomic mass is 32.1. The van der Waals surface area contributed by atoms with Crippen LogP contribution in [-0.4, -0.2) is 5.91 Å². The molecule has 1 aliphatic rings. The highest BCUT2D eigenvalue weighted by Gasteiger charge is 2.38. The zero-order valence-corrected chi connectivity index (χ0v) is 8.43. The minimum atomic E-state index is 0.221. The van der Waals surface area contributed by atoms with E-state index in [1.807, 2.05) is 11.4 Å². The van der Waals surface area contributed by atoms with Gasteiger partial charge in [0.2, 0.25) is 5.91 Å². The van der Waals surface area contributed by atoms with Crippen molar-refractivity contribution in [1.82, 2.24) is 5.32 Å². The summed E-state index contributed by atoms with van der Waals surface area (Å²) < 4.78 is 0. The molecule has 0 saturated heterocycles. The molecule has 0 spiro atoms. The third kappa shape index (κ3) is 2.10. The first-order chi connectivity index (χ1) is 6.27. The topological polar surface area (TPSA) is 29.1 Å². The van der Waals surface area contributed by atoms with Crippen molar-refractivity contribution in [2.75, 3.05) is 0 Å². The molecule has 1 saturated carbocycles. The van der Waals surface area contributed by atoms with Crippen LogP contribution in [0.5, 0.6) is 0 Å². The zero-order valence-electron chi connectivity index (χ0n) is 7.62. The lowest BCUT2D eigenvalue weighted by Crippen LogP contribution is -2.24. The summed E-state index contributed by atoms with van der Waals surface area (Å²) in [5.41, 5.74) is 1.20. The molecule has 0 aromatic carbocycles. The second-order valence-corrected chi connectivity index (χ2v) is 4.45. The van der Waals surface area contributed by atoms with Crippen molar-refractivity contribution < 1.29 is 4.79 Å². The minimum absolute atomic E-state index is 0.221. The van der Waals surface area contributed by atoms with E-state index in [4.69, 9.17) is 0 Å². The van der Waals surface area contributed by atoms with E-state index < -0.39 is 0 Å². The Kier molecular flexibility index (Phi) is 2.36. The van der Waals surface area contributed by atoms with Crippen LogP contribution in [0.1, 0.15) is 18.9 Å². The summed E-state index contributed by atoms with van der Waals surface area (Å²) in [7, 11) is 0. The largest absolute Gasteiger partial charge is 0.352 e. The summed E-state index contributed by atoms with van der Waals surface area (Å²) in [5.74, 6) is 1.11. The van der Waals surface area contributed by atoms with Gasteiger partial charge in [-0.25, -0.2) is 0 Å². The van der Waals surface area contributed by atoms with Crippen molar-refractivity contribution in [2.45, 2.75) is 19.9 Å². The maximum Gasteiger partial charge on any atom is 0.223 e. The first-order valence-corrected chi connectivity index (χ1v) is 5.50. The minimum Gasteiger partial charge on any atom is -0.352 e. The highest BCUT2D eigenvalue weighted by molar-refractivity contribution is 7.07. The summed E-state index contributed by atoms with van der Waals surface area (Å²) in [6.07, 6.45) is 1.06. The van der Waals surface area contributed by atoms with Crippen LogP contribution < -0.4 is 5.32 Å². The quantitative estimate of drug-likeness (QED) is 0.785. The van der Waals surface area contributed by atoms with Gasteiger partial charge < -0.3 is 5.32 Å². The van der Waals surface area contributed by atoms with Crippen LogP contribution in [0.15, 0.2) is 16.8 Å². The molecular weight excluding hydrogens is 182 g/mol. The Labute approximate surface area is 82.0 Å². The maximum absolute atomic E-state index is 11.4. The molecule has 0 bridgehead atoms. The standard InChI is InChI=1S/C10H13NOS/c1-7-4-9(7)10(12)11-5-8-2-3-13-6-8/h2-3,6-7,9H,4-5H2,1H3,(H,11,12)/t7-,9-/m0/s1. The molecule has 0 unspecified atom stereocenters. The number of carbonyl (C=O) groups is 1. The monoisotopic (exact) mass is 195 g/mol. The number of rotatable bonds is 3. The van der Waals surface area contributed by atoms with Gasteiger partial charge in [0.15, 0.2) is 0 Å².